The molecule has 0 aliphatic heterocycles. The average Bonchev–Trinajstić information content (AvgIpc) is 2.37. The Bertz CT molecular complexity index is 483. The van der Waals surface area contributed by atoms with Gasteiger partial charge in [-0.3, -0.25) is 0 Å². The molecule has 0 saturated carbocycles. The molecule has 1 aromatic carbocycles. The second-order valence-electron chi connectivity index (χ2n) is 4.11. The van der Waals surface area contributed by atoms with Crippen molar-refractivity contribution < 1.29 is 9.90 Å². The number of hydrogen-bond donors (Lipinski definition) is 1. The zero-order chi connectivity index (χ0) is 14.3. The summed E-state index contributed by atoms with van der Waals surface area (Å²) in [4.78, 5) is 12.7. The van der Waals surface area contributed by atoms with Crippen LogP contribution in [0.5, 0.6) is 0 Å². The van der Waals surface area contributed by atoms with E-state index in [0.29, 0.717) is 10.6 Å². The summed E-state index contributed by atoms with van der Waals surface area (Å²) in [6.07, 6.45) is 5.45. The van der Waals surface area contributed by atoms with Gasteiger partial charge in [-0.2, -0.15) is 0 Å². The summed E-state index contributed by atoms with van der Waals surface area (Å²) in [7, 11) is 0. The minimum Gasteiger partial charge on any atom is -0.478 e. The van der Waals surface area contributed by atoms with Crippen LogP contribution in [0.15, 0.2) is 36.9 Å². The fraction of sp³-hybridized carbons (Fsp3) is 0.267. The Kier molecular flexibility index (Phi) is 6.16. The molecule has 3 nitrogen and oxygen atoms in total. The molecule has 0 aromatic heterocycles. The minimum atomic E-state index is -0.987. The van der Waals surface area contributed by atoms with E-state index in [1.807, 2.05) is 24.3 Å². The lowest BCUT2D eigenvalue weighted by molar-refractivity contribution is -0.131. The molecule has 0 unspecified atom stereocenters. The maximum atomic E-state index is 10.5. The van der Waals surface area contributed by atoms with E-state index in [4.69, 9.17) is 16.7 Å². The molecule has 1 N–H and O–H groups in total. The number of carbonyl (C=O) groups is 1. The molecule has 4 heteroatoms. The van der Waals surface area contributed by atoms with Crippen LogP contribution in [-0.2, 0) is 4.79 Å². The van der Waals surface area contributed by atoms with Crippen molar-refractivity contribution in [3.8, 4) is 0 Å². The maximum absolute atomic E-state index is 10.5. The highest BCUT2D eigenvalue weighted by Gasteiger charge is 2.06. The van der Waals surface area contributed by atoms with Crippen molar-refractivity contribution in [2.45, 2.75) is 13.3 Å². The third kappa shape index (κ3) is 4.79. The molecular formula is C15H18ClNO2. The van der Waals surface area contributed by atoms with E-state index < -0.39 is 5.97 Å². The van der Waals surface area contributed by atoms with Gasteiger partial charge in [0.2, 0.25) is 0 Å². The van der Waals surface area contributed by atoms with Crippen molar-refractivity contribution in [3.05, 3.63) is 47.5 Å². The lowest BCUT2D eigenvalue weighted by Crippen LogP contribution is -2.23. The number of anilines is 1. The molecule has 0 radical (unpaired) electrons. The van der Waals surface area contributed by atoms with Gasteiger partial charge < -0.3 is 10.0 Å². The quantitative estimate of drug-likeness (QED) is 0.609. The van der Waals surface area contributed by atoms with E-state index in [1.165, 1.54) is 6.08 Å². The van der Waals surface area contributed by atoms with Crippen molar-refractivity contribution in [1.82, 2.24) is 0 Å². The first kappa shape index (κ1) is 15.3. The van der Waals surface area contributed by atoms with Crippen LogP contribution in [0.1, 0.15) is 18.9 Å². The Hall–Kier alpha value is -1.74. The summed E-state index contributed by atoms with van der Waals surface area (Å²) >= 11 is 6.16. The van der Waals surface area contributed by atoms with E-state index >= 15 is 0 Å². The normalized spacial score (nSPS) is 10.6. The number of rotatable bonds is 7. The van der Waals surface area contributed by atoms with Crippen LogP contribution < -0.4 is 4.90 Å². The van der Waals surface area contributed by atoms with Crippen molar-refractivity contribution in [2.75, 3.05) is 18.0 Å². The summed E-state index contributed by atoms with van der Waals surface area (Å²) < 4.78 is 0. The highest BCUT2D eigenvalue weighted by Crippen LogP contribution is 2.25. The zero-order valence-corrected chi connectivity index (χ0v) is 11.7. The van der Waals surface area contributed by atoms with Gasteiger partial charge in [-0.05, 0) is 30.2 Å². The van der Waals surface area contributed by atoms with E-state index in [0.717, 1.165) is 31.3 Å². The number of benzene rings is 1. The van der Waals surface area contributed by atoms with Gasteiger partial charge >= 0.3 is 5.97 Å². The second kappa shape index (κ2) is 7.64. The van der Waals surface area contributed by atoms with Gasteiger partial charge in [0.15, 0.2) is 0 Å². The minimum absolute atomic E-state index is 0.542. The molecule has 0 atom stereocenters. The Morgan fingerprint density at radius 1 is 1.53 bits per heavy atom. The predicted molar refractivity (Wildman–Crippen MR) is 80.8 cm³/mol. The predicted octanol–water partition coefficient (Wildman–Crippen LogP) is 3.84. The lowest BCUT2D eigenvalue weighted by Gasteiger charge is -2.23. The Morgan fingerprint density at radius 2 is 2.26 bits per heavy atom. The van der Waals surface area contributed by atoms with Crippen LogP contribution in [0, 0.1) is 0 Å². The number of aliphatic carboxylic acids is 1. The molecule has 0 aliphatic rings. The van der Waals surface area contributed by atoms with Crippen LogP contribution in [0.3, 0.4) is 0 Å². The van der Waals surface area contributed by atoms with E-state index in [9.17, 15) is 4.79 Å². The number of nitrogens with zero attached hydrogens (tertiary/aromatic N) is 1. The summed E-state index contributed by atoms with van der Waals surface area (Å²) in [6, 6.07) is 5.61. The molecule has 102 valence electrons. The van der Waals surface area contributed by atoms with Gasteiger partial charge in [0, 0.05) is 29.9 Å². The van der Waals surface area contributed by atoms with Gasteiger partial charge in [-0.15, -0.1) is 6.58 Å². The molecule has 0 heterocycles. The molecule has 19 heavy (non-hydrogen) atoms. The molecule has 0 aliphatic carbocycles. The van der Waals surface area contributed by atoms with Gasteiger partial charge in [-0.1, -0.05) is 30.7 Å². The monoisotopic (exact) mass is 279 g/mol. The van der Waals surface area contributed by atoms with Crippen molar-refractivity contribution in [3.63, 3.8) is 0 Å². The molecule has 0 fully saturated rings. The topological polar surface area (TPSA) is 40.5 Å². The smallest absolute Gasteiger partial charge is 0.328 e. The van der Waals surface area contributed by atoms with Crippen molar-refractivity contribution in [1.29, 1.82) is 0 Å². The van der Waals surface area contributed by atoms with Crippen LogP contribution >= 0.6 is 11.6 Å². The molecule has 1 aromatic rings. The number of carboxylic acid groups (broad SMARTS) is 1. The molecule has 0 saturated heterocycles. The Labute approximate surface area is 118 Å². The van der Waals surface area contributed by atoms with E-state index in [-0.39, 0.29) is 0 Å². The second-order valence-corrected chi connectivity index (χ2v) is 4.52. The average molecular weight is 280 g/mol. The first-order chi connectivity index (χ1) is 9.08. The van der Waals surface area contributed by atoms with Crippen molar-refractivity contribution >= 4 is 29.3 Å². The summed E-state index contributed by atoms with van der Waals surface area (Å²) in [5.41, 5.74) is 1.71. The Morgan fingerprint density at radius 3 is 2.79 bits per heavy atom. The fourth-order valence-electron chi connectivity index (χ4n) is 1.76. The fourth-order valence-corrected chi connectivity index (χ4v) is 2.00. The third-order valence-electron chi connectivity index (χ3n) is 2.60. The molecular weight excluding hydrogens is 262 g/mol. The van der Waals surface area contributed by atoms with Crippen LogP contribution in [-0.4, -0.2) is 24.2 Å². The summed E-state index contributed by atoms with van der Waals surface area (Å²) in [5, 5.41) is 9.14. The van der Waals surface area contributed by atoms with Crippen molar-refractivity contribution in [2.24, 2.45) is 0 Å². The summed E-state index contributed by atoms with van der Waals surface area (Å²) in [6.45, 7) is 7.54. The van der Waals surface area contributed by atoms with E-state index in [2.05, 4.69) is 18.4 Å². The first-order valence-corrected chi connectivity index (χ1v) is 6.52. The van der Waals surface area contributed by atoms with Crippen LogP contribution in [0.4, 0.5) is 5.69 Å². The van der Waals surface area contributed by atoms with Gasteiger partial charge in [0.25, 0.3) is 0 Å². The zero-order valence-electron chi connectivity index (χ0n) is 11.0. The number of carboxylic acids is 1. The third-order valence-corrected chi connectivity index (χ3v) is 2.92. The first-order valence-electron chi connectivity index (χ1n) is 6.15. The highest BCUT2D eigenvalue weighted by molar-refractivity contribution is 6.32. The Balaban J connectivity index is 2.96. The largest absolute Gasteiger partial charge is 0.478 e. The van der Waals surface area contributed by atoms with E-state index in [1.54, 1.807) is 0 Å². The molecule has 0 amide bonds. The number of halogens is 1. The lowest BCUT2D eigenvalue weighted by atomic mass is 10.1. The van der Waals surface area contributed by atoms with Gasteiger partial charge in [-0.25, -0.2) is 4.79 Å². The summed E-state index contributed by atoms with van der Waals surface area (Å²) in [5.74, 6) is -0.987. The molecule has 1 rings (SSSR count). The van der Waals surface area contributed by atoms with Crippen LogP contribution in [0.2, 0.25) is 5.02 Å². The molecule has 0 bridgehead atoms. The molecule has 0 spiro atoms. The van der Waals surface area contributed by atoms with Gasteiger partial charge in [0.1, 0.15) is 0 Å². The SMILES string of the molecule is C=CCN(CCC)c1ccc(/C=C/C(=O)O)c(Cl)c1. The standard InChI is InChI=1S/C15H18ClNO2/c1-3-9-17(10-4-2)13-7-5-12(14(16)11-13)6-8-15(18)19/h3,5-8,11H,1,4,9-10H2,2H3,(H,18,19)/b8-6+. The van der Waals surface area contributed by atoms with Crippen LogP contribution in [0.25, 0.3) is 6.08 Å². The maximum Gasteiger partial charge on any atom is 0.328 e. The highest BCUT2D eigenvalue weighted by atomic mass is 35.5. The number of hydrogen-bond acceptors (Lipinski definition) is 2. The van der Waals surface area contributed by atoms with Gasteiger partial charge in [0.05, 0.1) is 0 Å².